The number of benzene rings is 1. The van der Waals surface area contributed by atoms with Crippen molar-refractivity contribution in [2.75, 3.05) is 11.1 Å². The molecular weight excluding hydrogens is 371 g/mol. The number of fused-ring (bicyclic) bond motifs is 1. The average molecular weight is 388 g/mol. The van der Waals surface area contributed by atoms with Crippen LogP contribution in [0.3, 0.4) is 0 Å². The van der Waals surface area contributed by atoms with Gasteiger partial charge in [0.1, 0.15) is 34.9 Å². The largest absolute Gasteiger partial charge is 0.368 e. The lowest BCUT2D eigenvalue weighted by Gasteiger charge is -2.17. The first kappa shape index (κ1) is 18.3. The number of pyridine rings is 1. The van der Waals surface area contributed by atoms with E-state index in [0.29, 0.717) is 39.8 Å². The van der Waals surface area contributed by atoms with Crippen LogP contribution >= 0.6 is 0 Å². The van der Waals surface area contributed by atoms with Crippen LogP contribution in [0.5, 0.6) is 0 Å². The van der Waals surface area contributed by atoms with E-state index in [9.17, 15) is 9.65 Å². The van der Waals surface area contributed by atoms with Crippen LogP contribution in [-0.4, -0.2) is 24.5 Å². The number of nitrogens with zero attached hydrogens (tertiary/aromatic N) is 6. The van der Waals surface area contributed by atoms with Crippen molar-refractivity contribution in [3.05, 3.63) is 65.5 Å². The van der Waals surface area contributed by atoms with Crippen molar-refractivity contribution in [1.29, 1.82) is 5.26 Å². The third kappa shape index (κ3) is 3.32. The minimum atomic E-state index is -0.395. The first-order valence-electron chi connectivity index (χ1n) is 8.88. The van der Waals surface area contributed by atoms with Crippen LogP contribution in [0.1, 0.15) is 30.0 Å². The highest BCUT2D eigenvalue weighted by Crippen LogP contribution is 2.28. The van der Waals surface area contributed by atoms with E-state index in [2.05, 4.69) is 31.3 Å². The summed E-state index contributed by atoms with van der Waals surface area (Å²) in [4.78, 5) is 17.2. The minimum Gasteiger partial charge on any atom is -0.368 e. The molecule has 0 saturated heterocycles. The van der Waals surface area contributed by atoms with E-state index in [0.717, 1.165) is 0 Å². The van der Waals surface area contributed by atoms with Crippen molar-refractivity contribution in [3.63, 3.8) is 0 Å². The van der Waals surface area contributed by atoms with E-state index in [1.54, 1.807) is 29.8 Å². The summed E-state index contributed by atoms with van der Waals surface area (Å²) in [6.07, 6.45) is 1.66. The molecule has 9 heteroatoms. The summed E-state index contributed by atoms with van der Waals surface area (Å²) in [6, 6.07) is 11.6. The number of aromatic nitrogens is 5. The highest BCUT2D eigenvalue weighted by molar-refractivity contribution is 5.78. The number of hydrogen-bond acceptors (Lipinski definition) is 7. The van der Waals surface area contributed by atoms with Gasteiger partial charge in [0.25, 0.3) is 0 Å². The molecular formula is C20H17FN8. The first-order chi connectivity index (χ1) is 14.0. The van der Waals surface area contributed by atoms with E-state index in [1.807, 2.05) is 19.1 Å². The Hall–Kier alpha value is -4.06. The Morgan fingerprint density at radius 1 is 1.21 bits per heavy atom. The minimum absolute atomic E-state index is 0.0662. The summed E-state index contributed by atoms with van der Waals surface area (Å²) in [5.41, 5.74) is 7.75. The van der Waals surface area contributed by atoms with Gasteiger partial charge in [0.2, 0.25) is 5.95 Å². The molecule has 29 heavy (non-hydrogen) atoms. The van der Waals surface area contributed by atoms with Gasteiger partial charge in [-0.1, -0.05) is 6.07 Å². The average Bonchev–Trinajstić information content (AvgIpc) is 3.07. The summed E-state index contributed by atoms with van der Waals surface area (Å²) >= 11 is 0. The molecule has 144 valence electrons. The van der Waals surface area contributed by atoms with Gasteiger partial charge in [-0.15, -0.1) is 0 Å². The second-order valence-corrected chi connectivity index (χ2v) is 6.50. The molecule has 0 fully saturated rings. The molecule has 4 rings (SSSR count). The maximum Gasteiger partial charge on any atom is 0.222 e. The van der Waals surface area contributed by atoms with Crippen LogP contribution in [0.2, 0.25) is 0 Å². The Balaban J connectivity index is 1.85. The van der Waals surface area contributed by atoms with Gasteiger partial charge in [-0.2, -0.15) is 10.2 Å². The summed E-state index contributed by atoms with van der Waals surface area (Å²) in [7, 11) is 0. The molecule has 0 spiro atoms. The number of aryl methyl sites for hydroxylation is 1. The van der Waals surface area contributed by atoms with Gasteiger partial charge in [-0.05, 0) is 38.1 Å². The number of imidazole rings is 1. The highest BCUT2D eigenvalue weighted by atomic mass is 19.1. The van der Waals surface area contributed by atoms with E-state index in [4.69, 9.17) is 5.73 Å². The lowest BCUT2D eigenvalue weighted by atomic mass is 10.2. The molecule has 3 N–H and O–H groups in total. The predicted octanol–water partition coefficient (Wildman–Crippen LogP) is 3.29. The second-order valence-electron chi connectivity index (χ2n) is 6.50. The Kier molecular flexibility index (Phi) is 4.52. The van der Waals surface area contributed by atoms with Gasteiger partial charge in [0, 0.05) is 12.3 Å². The standard InChI is InChI=1S/C20H17FN8/c1-11-14(10-22)18(28-20(23)26-11)25-12(2)19-27-15-7-6-13(21)9-16(15)29(19)17-5-3-4-8-24-17/h3-9,12H,1-2H3,(H3,23,25,26,28). The lowest BCUT2D eigenvalue weighted by molar-refractivity contribution is 0.629. The fourth-order valence-corrected chi connectivity index (χ4v) is 3.19. The number of nitrogens with one attached hydrogen (secondary N) is 1. The molecule has 8 nitrogen and oxygen atoms in total. The molecule has 1 aromatic carbocycles. The molecule has 1 unspecified atom stereocenters. The van der Waals surface area contributed by atoms with E-state index in [-0.39, 0.29) is 11.8 Å². The molecule has 0 aliphatic rings. The summed E-state index contributed by atoms with van der Waals surface area (Å²) in [5, 5.41) is 12.7. The van der Waals surface area contributed by atoms with Crippen LogP contribution in [-0.2, 0) is 0 Å². The zero-order valence-electron chi connectivity index (χ0n) is 15.8. The van der Waals surface area contributed by atoms with Gasteiger partial charge >= 0.3 is 0 Å². The molecule has 3 heterocycles. The van der Waals surface area contributed by atoms with E-state index >= 15 is 0 Å². The fraction of sp³-hybridized carbons (Fsp3) is 0.150. The van der Waals surface area contributed by atoms with Gasteiger partial charge in [-0.3, -0.25) is 4.57 Å². The van der Waals surface area contributed by atoms with Crippen LogP contribution in [0, 0.1) is 24.1 Å². The fourth-order valence-electron chi connectivity index (χ4n) is 3.19. The van der Waals surface area contributed by atoms with Crippen molar-refractivity contribution in [3.8, 4) is 11.9 Å². The molecule has 0 saturated carbocycles. The summed E-state index contributed by atoms with van der Waals surface area (Å²) < 4.78 is 15.7. The molecule has 1 atom stereocenters. The molecule has 0 amide bonds. The maximum absolute atomic E-state index is 13.9. The zero-order chi connectivity index (χ0) is 20.5. The third-order valence-electron chi connectivity index (χ3n) is 4.48. The Morgan fingerprint density at radius 3 is 2.76 bits per heavy atom. The van der Waals surface area contributed by atoms with Crippen LogP contribution in [0.15, 0.2) is 42.6 Å². The lowest BCUT2D eigenvalue weighted by Crippen LogP contribution is -2.16. The van der Waals surface area contributed by atoms with E-state index < -0.39 is 6.04 Å². The number of nitrogen functional groups attached to an aromatic ring is 1. The molecule has 0 aliphatic heterocycles. The van der Waals surface area contributed by atoms with Gasteiger partial charge in [-0.25, -0.2) is 19.3 Å². The first-order valence-corrected chi connectivity index (χ1v) is 8.88. The summed E-state index contributed by atoms with van der Waals surface area (Å²) in [5.74, 6) is 1.20. The Bertz CT molecular complexity index is 1240. The second kappa shape index (κ2) is 7.16. The van der Waals surface area contributed by atoms with Crippen LogP contribution in [0.25, 0.3) is 16.9 Å². The van der Waals surface area contributed by atoms with Gasteiger partial charge < -0.3 is 11.1 Å². The zero-order valence-corrected chi connectivity index (χ0v) is 15.8. The quantitative estimate of drug-likeness (QED) is 0.551. The van der Waals surface area contributed by atoms with Crippen molar-refractivity contribution in [2.45, 2.75) is 19.9 Å². The number of nitrogens with two attached hydrogens (primary N) is 1. The normalized spacial score (nSPS) is 11.9. The topological polar surface area (TPSA) is 118 Å². The number of rotatable bonds is 4. The monoisotopic (exact) mass is 388 g/mol. The number of hydrogen-bond donors (Lipinski definition) is 2. The van der Waals surface area contributed by atoms with Gasteiger partial charge in [0.15, 0.2) is 0 Å². The summed E-state index contributed by atoms with van der Waals surface area (Å²) in [6.45, 7) is 3.56. The smallest absolute Gasteiger partial charge is 0.222 e. The van der Waals surface area contributed by atoms with Gasteiger partial charge in [0.05, 0.1) is 22.8 Å². The van der Waals surface area contributed by atoms with Crippen molar-refractivity contribution < 1.29 is 4.39 Å². The SMILES string of the molecule is Cc1nc(N)nc(NC(C)c2nc3ccc(F)cc3n2-c2ccccn2)c1C#N. The van der Waals surface area contributed by atoms with Crippen molar-refractivity contribution >= 4 is 22.8 Å². The molecule has 3 aromatic heterocycles. The highest BCUT2D eigenvalue weighted by Gasteiger charge is 2.21. The molecule has 4 aromatic rings. The molecule has 0 radical (unpaired) electrons. The molecule has 0 bridgehead atoms. The van der Waals surface area contributed by atoms with Crippen molar-refractivity contribution in [1.82, 2.24) is 24.5 Å². The van der Waals surface area contributed by atoms with E-state index in [1.165, 1.54) is 12.1 Å². The van der Waals surface area contributed by atoms with Crippen molar-refractivity contribution in [2.24, 2.45) is 0 Å². The number of halogens is 1. The number of anilines is 2. The Morgan fingerprint density at radius 2 is 2.03 bits per heavy atom. The van der Waals surface area contributed by atoms with Crippen LogP contribution in [0.4, 0.5) is 16.2 Å². The third-order valence-corrected chi connectivity index (χ3v) is 4.48. The Labute approximate surface area is 165 Å². The van der Waals surface area contributed by atoms with Crippen LogP contribution < -0.4 is 11.1 Å². The number of nitriles is 1. The molecule has 0 aliphatic carbocycles. The predicted molar refractivity (Wildman–Crippen MR) is 107 cm³/mol. The maximum atomic E-state index is 13.9.